The van der Waals surface area contributed by atoms with Crippen LogP contribution < -0.4 is 0 Å². The number of allylic oxidation sites excluding steroid dienone is 3. The number of fused-ring (bicyclic) bond motifs is 5. The summed E-state index contributed by atoms with van der Waals surface area (Å²) in [5.74, 6) is 4.83. The van der Waals surface area contributed by atoms with Crippen molar-refractivity contribution in [2.45, 2.75) is 92.1 Å². The molecule has 1 unspecified atom stereocenters. The molecule has 4 aliphatic rings. The Morgan fingerprint density at radius 2 is 1.85 bits per heavy atom. The van der Waals surface area contributed by atoms with Crippen LogP contribution in [-0.4, -0.2) is 11.2 Å². The lowest BCUT2D eigenvalue weighted by Crippen LogP contribution is -2.44. The van der Waals surface area contributed by atoms with Gasteiger partial charge < -0.3 is 5.11 Å². The van der Waals surface area contributed by atoms with Gasteiger partial charge in [0, 0.05) is 0 Å². The molecule has 0 saturated heterocycles. The number of rotatable bonds is 4. The van der Waals surface area contributed by atoms with E-state index < -0.39 is 0 Å². The summed E-state index contributed by atoms with van der Waals surface area (Å²) in [5.41, 5.74) is 2.55. The van der Waals surface area contributed by atoms with Gasteiger partial charge in [0.05, 0.1) is 6.10 Å². The summed E-state index contributed by atoms with van der Waals surface area (Å²) >= 11 is 0. The molecule has 0 amide bonds. The first kappa shape index (κ1) is 19.7. The molecule has 4 rings (SSSR count). The van der Waals surface area contributed by atoms with Crippen molar-refractivity contribution in [1.82, 2.24) is 0 Å². The Hall–Kier alpha value is -0.560. The third-order valence-corrected chi connectivity index (χ3v) is 9.84. The Bertz CT molecular complexity index is 616. The van der Waals surface area contributed by atoms with Crippen LogP contribution in [0.2, 0.25) is 0 Å². The fourth-order valence-electron chi connectivity index (χ4n) is 7.48. The predicted molar refractivity (Wildman–Crippen MR) is 114 cm³/mol. The second-order valence-corrected chi connectivity index (χ2v) is 11.4. The second-order valence-electron chi connectivity index (χ2n) is 11.4. The highest BCUT2D eigenvalue weighted by Crippen LogP contribution is 2.67. The molecule has 0 bridgehead atoms. The Morgan fingerprint density at radius 3 is 2.59 bits per heavy atom. The van der Waals surface area contributed by atoms with Crippen LogP contribution in [0.1, 0.15) is 86.0 Å². The molecule has 152 valence electrons. The monoisotopic (exact) mass is 370 g/mol. The van der Waals surface area contributed by atoms with Crippen molar-refractivity contribution < 1.29 is 5.11 Å². The third kappa shape index (κ3) is 3.17. The average molecular weight is 371 g/mol. The molecule has 0 radical (unpaired) electrons. The summed E-state index contributed by atoms with van der Waals surface area (Å²) in [5, 5.41) is 10.2. The lowest BCUT2D eigenvalue weighted by Gasteiger charge is -2.51. The van der Waals surface area contributed by atoms with Gasteiger partial charge in [-0.05, 0) is 97.7 Å². The van der Waals surface area contributed by atoms with Crippen molar-refractivity contribution in [2.24, 2.45) is 46.3 Å². The standard InChI is InChI=1S/C26H42O/c1-17(2)18(3)7-6-8-19-9-10-23-22-16-20-15-21(27)11-13-26(20,5)24(22)12-14-25(19,23)4/h6-7,16-19,21-24,27H,8-15H2,1-5H3/b7-6+/t18-,19-,21-,22?,23-,24-,25+,26-/m0/s1. The lowest BCUT2D eigenvalue weighted by molar-refractivity contribution is -0.00722. The van der Waals surface area contributed by atoms with Crippen molar-refractivity contribution in [2.75, 3.05) is 0 Å². The van der Waals surface area contributed by atoms with E-state index in [1.165, 1.54) is 38.5 Å². The van der Waals surface area contributed by atoms with Crippen LogP contribution in [0, 0.1) is 46.3 Å². The molecule has 0 heterocycles. The van der Waals surface area contributed by atoms with Crippen LogP contribution in [0.25, 0.3) is 0 Å². The van der Waals surface area contributed by atoms with E-state index in [1.54, 1.807) is 5.57 Å². The molecule has 1 heteroatoms. The number of aliphatic hydroxyl groups excluding tert-OH is 1. The summed E-state index contributed by atoms with van der Waals surface area (Å²) in [7, 11) is 0. The molecule has 3 fully saturated rings. The molecule has 1 nitrogen and oxygen atoms in total. The van der Waals surface area contributed by atoms with Crippen LogP contribution in [0.5, 0.6) is 0 Å². The van der Waals surface area contributed by atoms with Crippen LogP contribution in [0.15, 0.2) is 23.8 Å². The van der Waals surface area contributed by atoms with E-state index in [1.807, 2.05) is 0 Å². The van der Waals surface area contributed by atoms with E-state index >= 15 is 0 Å². The topological polar surface area (TPSA) is 20.2 Å². The van der Waals surface area contributed by atoms with Gasteiger partial charge in [-0.2, -0.15) is 0 Å². The molecular weight excluding hydrogens is 328 g/mol. The van der Waals surface area contributed by atoms with E-state index in [4.69, 9.17) is 0 Å². The number of hydrogen-bond acceptors (Lipinski definition) is 1. The van der Waals surface area contributed by atoms with E-state index in [-0.39, 0.29) is 6.10 Å². The first-order valence-corrected chi connectivity index (χ1v) is 11.8. The van der Waals surface area contributed by atoms with Crippen molar-refractivity contribution in [3.63, 3.8) is 0 Å². The maximum Gasteiger partial charge on any atom is 0.0577 e. The van der Waals surface area contributed by atoms with E-state index in [0.29, 0.717) is 16.7 Å². The minimum absolute atomic E-state index is 0.0831. The molecule has 4 aliphatic carbocycles. The van der Waals surface area contributed by atoms with E-state index in [0.717, 1.165) is 42.4 Å². The zero-order chi connectivity index (χ0) is 19.4. The molecule has 0 aromatic carbocycles. The summed E-state index contributed by atoms with van der Waals surface area (Å²) in [6.45, 7) is 12.2. The first-order chi connectivity index (χ1) is 12.8. The smallest absolute Gasteiger partial charge is 0.0577 e. The van der Waals surface area contributed by atoms with Crippen molar-refractivity contribution in [3.8, 4) is 0 Å². The Kier molecular flexibility index (Phi) is 5.15. The predicted octanol–water partition coefficient (Wildman–Crippen LogP) is 6.77. The lowest BCUT2D eigenvalue weighted by atomic mass is 9.54. The average Bonchev–Trinajstić information content (AvgIpc) is 3.09. The van der Waals surface area contributed by atoms with Crippen molar-refractivity contribution in [3.05, 3.63) is 23.8 Å². The number of aliphatic hydroxyl groups is 1. The number of hydrogen-bond donors (Lipinski definition) is 1. The van der Waals surface area contributed by atoms with Crippen LogP contribution in [0.3, 0.4) is 0 Å². The highest BCUT2D eigenvalue weighted by Gasteiger charge is 2.59. The minimum Gasteiger partial charge on any atom is -0.393 e. The van der Waals surface area contributed by atoms with Crippen molar-refractivity contribution in [1.29, 1.82) is 0 Å². The fourth-order valence-corrected chi connectivity index (χ4v) is 7.48. The van der Waals surface area contributed by atoms with E-state index in [9.17, 15) is 5.11 Å². The molecule has 0 aromatic heterocycles. The molecule has 8 atom stereocenters. The van der Waals surface area contributed by atoms with Crippen LogP contribution in [0.4, 0.5) is 0 Å². The first-order valence-electron chi connectivity index (χ1n) is 11.8. The van der Waals surface area contributed by atoms with Gasteiger partial charge in [-0.3, -0.25) is 0 Å². The summed E-state index contributed by atoms with van der Waals surface area (Å²) in [6.07, 6.45) is 17.7. The Morgan fingerprint density at radius 1 is 1.07 bits per heavy atom. The van der Waals surface area contributed by atoms with Gasteiger partial charge in [-0.1, -0.05) is 58.4 Å². The Labute approximate surface area is 167 Å². The SMILES string of the molecule is CC(C)[C@@H](C)/C=C/C[C@H]1CC[C@H]2C3C=C4C[C@@H](O)CC[C@]4(C)[C@H]3CC[C@]12C. The molecule has 1 N–H and O–H groups in total. The zero-order valence-electron chi connectivity index (χ0n) is 18.4. The molecule has 0 aliphatic heterocycles. The largest absolute Gasteiger partial charge is 0.393 e. The van der Waals surface area contributed by atoms with Crippen LogP contribution >= 0.6 is 0 Å². The van der Waals surface area contributed by atoms with Gasteiger partial charge in [0.1, 0.15) is 0 Å². The summed E-state index contributed by atoms with van der Waals surface area (Å²) in [4.78, 5) is 0. The van der Waals surface area contributed by atoms with Gasteiger partial charge in [-0.15, -0.1) is 0 Å². The maximum atomic E-state index is 10.2. The molecule has 0 spiro atoms. The Balaban J connectivity index is 1.50. The fraction of sp³-hybridized carbons (Fsp3) is 0.846. The molecule has 27 heavy (non-hydrogen) atoms. The van der Waals surface area contributed by atoms with Gasteiger partial charge in [0.2, 0.25) is 0 Å². The van der Waals surface area contributed by atoms with E-state index in [2.05, 4.69) is 52.8 Å². The van der Waals surface area contributed by atoms with Gasteiger partial charge >= 0.3 is 0 Å². The van der Waals surface area contributed by atoms with Gasteiger partial charge in [0.15, 0.2) is 0 Å². The molecule has 3 saturated carbocycles. The highest BCUT2D eigenvalue weighted by molar-refractivity contribution is 5.30. The minimum atomic E-state index is -0.0831. The summed E-state index contributed by atoms with van der Waals surface area (Å²) < 4.78 is 0. The molecular formula is C26H42O. The van der Waals surface area contributed by atoms with Gasteiger partial charge in [-0.25, -0.2) is 0 Å². The molecule has 0 aromatic rings. The normalized spacial score (nSPS) is 47.7. The highest BCUT2D eigenvalue weighted by atomic mass is 16.3. The zero-order valence-corrected chi connectivity index (χ0v) is 18.4. The maximum absolute atomic E-state index is 10.2. The summed E-state index contributed by atoms with van der Waals surface area (Å²) in [6, 6.07) is 0. The quantitative estimate of drug-likeness (QED) is 0.541. The van der Waals surface area contributed by atoms with Crippen molar-refractivity contribution >= 4 is 0 Å². The second kappa shape index (κ2) is 7.05. The van der Waals surface area contributed by atoms with Gasteiger partial charge in [0.25, 0.3) is 0 Å². The third-order valence-electron chi connectivity index (χ3n) is 9.84. The van der Waals surface area contributed by atoms with Crippen LogP contribution in [-0.2, 0) is 0 Å².